The first-order chi connectivity index (χ1) is 18.6. The van der Waals surface area contributed by atoms with Crippen LogP contribution in [0.4, 0.5) is 34.8 Å². The highest BCUT2D eigenvalue weighted by atomic mass is 32.2. The number of hydrogen-bond donors (Lipinski definition) is 3. The summed E-state index contributed by atoms with van der Waals surface area (Å²) < 4.78 is 86.4. The van der Waals surface area contributed by atoms with Gasteiger partial charge in [0.1, 0.15) is 5.82 Å². The summed E-state index contributed by atoms with van der Waals surface area (Å²) in [5.41, 5.74) is -0.654. The van der Waals surface area contributed by atoms with E-state index in [-0.39, 0.29) is 40.1 Å². The lowest BCUT2D eigenvalue weighted by molar-refractivity contribution is 0.0951. The van der Waals surface area contributed by atoms with Crippen molar-refractivity contribution >= 4 is 33.1 Å². The van der Waals surface area contributed by atoms with Gasteiger partial charge in [-0.05, 0) is 79.5 Å². The molecule has 39 heavy (non-hydrogen) atoms. The molecule has 3 N–H and O–H groups in total. The number of sulfonamides is 1. The van der Waals surface area contributed by atoms with Crippen LogP contribution in [0.25, 0.3) is 0 Å². The SMILES string of the molecule is CCS(=O)(=O)Nc1nccc(Cc2cc(C(=O)NC3CC3)c(Nc3ccc(C4CC4)cc3F)c(F)c2F)c1F. The van der Waals surface area contributed by atoms with Crippen LogP contribution in [-0.2, 0) is 16.4 Å². The number of carbonyl (C=O) groups is 1. The largest absolute Gasteiger partial charge is 0.350 e. The second-order valence-electron chi connectivity index (χ2n) is 9.79. The van der Waals surface area contributed by atoms with Gasteiger partial charge in [0, 0.05) is 18.7 Å². The first kappa shape index (κ1) is 26.9. The average molecular weight is 563 g/mol. The summed E-state index contributed by atoms with van der Waals surface area (Å²) in [5, 5.41) is 5.25. The Bertz CT molecular complexity index is 1560. The van der Waals surface area contributed by atoms with Crippen molar-refractivity contribution in [3.8, 4) is 0 Å². The molecular formula is C27H26F4N4O3S. The minimum atomic E-state index is -3.84. The molecule has 2 saturated carbocycles. The number of halogens is 4. The van der Waals surface area contributed by atoms with E-state index in [2.05, 4.69) is 15.6 Å². The Labute approximate surface area is 223 Å². The quantitative estimate of drug-likeness (QED) is 0.283. The van der Waals surface area contributed by atoms with Gasteiger partial charge in [-0.25, -0.2) is 31.0 Å². The van der Waals surface area contributed by atoms with Crippen molar-refractivity contribution < 1.29 is 30.8 Å². The minimum absolute atomic E-state index is 0.108. The van der Waals surface area contributed by atoms with Gasteiger partial charge in [-0.15, -0.1) is 0 Å². The van der Waals surface area contributed by atoms with E-state index in [0.717, 1.165) is 43.5 Å². The number of amides is 1. The van der Waals surface area contributed by atoms with Crippen LogP contribution in [0.2, 0.25) is 0 Å². The molecule has 2 aliphatic rings. The Morgan fingerprint density at radius 3 is 2.36 bits per heavy atom. The molecule has 7 nitrogen and oxygen atoms in total. The summed E-state index contributed by atoms with van der Waals surface area (Å²) in [6.45, 7) is 1.36. The molecule has 206 valence electrons. The van der Waals surface area contributed by atoms with Crippen LogP contribution < -0.4 is 15.4 Å². The maximum absolute atomic E-state index is 15.5. The van der Waals surface area contributed by atoms with Gasteiger partial charge in [-0.2, -0.15) is 0 Å². The smallest absolute Gasteiger partial charge is 0.253 e. The lowest BCUT2D eigenvalue weighted by Gasteiger charge is -2.17. The first-order valence-electron chi connectivity index (χ1n) is 12.6. The van der Waals surface area contributed by atoms with Crippen molar-refractivity contribution in [3.05, 3.63) is 82.1 Å². The average Bonchev–Trinajstić information content (AvgIpc) is 3.82. The van der Waals surface area contributed by atoms with Gasteiger partial charge >= 0.3 is 0 Å². The summed E-state index contributed by atoms with van der Waals surface area (Å²) in [7, 11) is -3.84. The van der Waals surface area contributed by atoms with Gasteiger partial charge in [0.15, 0.2) is 23.3 Å². The van der Waals surface area contributed by atoms with Gasteiger partial charge in [-0.1, -0.05) is 6.07 Å². The van der Waals surface area contributed by atoms with Crippen LogP contribution in [-0.4, -0.2) is 31.1 Å². The number of anilines is 3. The highest BCUT2D eigenvalue weighted by Gasteiger charge is 2.29. The number of nitrogens with one attached hydrogen (secondary N) is 3. The molecule has 0 aliphatic heterocycles. The van der Waals surface area contributed by atoms with E-state index in [1.54, 1.807) is 6.07 Å². The number of pyridine rings is 1. The number of hydrogen-bond acceptors (Lipinski definition) is 5. The zero-order chi connectivity index (χ0) is 27.9. The Morgan fingerprint density at radius 2 is 1.72 bits per heavy atom. The highest BCUT2D eigenvalue weighted by Crippen LogP contribution is 2.41. The van der Waals surface area contributed by atoms with Crippen molar-refractivity contribution in [2.24, 2.45) is 0 Å². The van der Waals surface area contributed by atoms with E-state index in [9.17, 15) is 17.6 Å². The Balaban J connectivity index is 1.51. The van der Waals surface area contributed by atoms with Crippen molar-refractivity contribution in [1.29, 1.82) is 0 Å². The molecule has 2 aliphatic carbocycles. The number of rotatable bonds is 10. The number of nitrogens with zero attached hydrogens (tertiary/aromatic N) is 1. The molecule has 1 aromatic heterocycles. The monoisotopic (exact) mass is 562 g/mol. The second-order valence-corrected chi connectivity index (χ2v) is 11.8. The van der Waals surface area contributed by atoms with Crippen LogP contribution in [0, 0.1) is 23.3 Å². The van der Waals surface area contributed by atoms with Crippen LogP contribution in [0.5, 0.6) is 0 Å². The summed E-state index contributed by atoms with van der Waals surface area (Å²) in [6.07, 6.45) is 4.02. The maximum Gasteiger partial charge on any atom is 0.253 e. The van der Waals surface area contributed by atoms with Crippen molar-refractivity contribution in [2.45, 2.75) is 51.0 Å². The Kier molecular flexibility index (Phi) is 7.23. The number of aromatic nitrogens is 1. The van der Waals surface area contributed by atoms with E-state index in [1.807, 2.05) is 4.72 Å². The maximum atomic E-state index is 15.5. The summed E-state index contributed by atoms with van der Waals surface area (Å²) in [6, 6.07) is 6.63. The Morgan fingerprint density at radius 1 is 0.974 bits per heavy atom. The topological polar surface area (TPSA) is 100 Å². The minimum Gasteiger partial charge on any atom is -0.350 e. The zero-order valence-electron chi connectivity index (χ0n) is 21.0. The van der Waals surface area contributed by atoms with Gasteiger partial charge in [0.05, 0.1) is 22.7 Å². The molecule has 2 fully saturated rings. The van der Waals surface area contributed by atoms with Gasteiger partial charge in [-0.3, -0.25) is 9.52 Å². The molecule has 3 aromatic rings. The van der Waals surface area contributed by atoms with E-state index < -0.39 is 57.1 Å². The van der Waals surface area contributed by atoms with E-state index in [1.165, 1.54) is 25.1 Å². The third-order valence-corrected chi connectivity index (χ3v) is 7.99. The molecule has 0 radical (unpaired) electrons. The molecular weight excluding hydrogens is 536 g/mol. The fourth-order valence-corrected chi connectivity index (χ4v) is 4.73. The molecule has 5 rings (SSSR count). The summed E-state index contributed by atoms with van der Waals surface area (Å²) in [5.74, 6) is -5.82. The highest BCUT2D eigenvalue weighted by molar-refractivity contribution is 7.92. The Hall–Kier alpha value is -3.67. The third-order valence-electron chi connectivity index (χ3n) is 6.72. The van der Waals surface area contributed by atoms with Crippen molar-refractivity contribution in [1.82, 2.24) is 10.3 Å². The van der Waals surface area contributed by atoms with Crippen LogP contribution in [0.1, 0.15) is 65.6 Å². The fraction of sp³-hybridized carbons (Fsp3) is 0.333. The van der Waals surface area contributed by atoms with Crippen LogP contribution >= 0.6 is 0 Å². The second kappa shape index (κ2) is 10.5. The fourth-order valence-electron chi connectivity index (χ4n) is 4.15. The molecule has 0 unspecified atom stereocenters. The molecule has 12 heteroatoms. The van der Waals surface area contributed by atoms with Crippen LogP contribution in [0.3, 0.4) is 0 Å². The first-order valence-corrected chi connectivity index (χ1v) is 14.2. The predicted molar refractivity (Wildman–Crippen MR) is 139 cm³/mol. The van der Waals surface area contributed by atoms with Crippen molar-refractivity contribution in [2.75, 3.05) is 15.8 Å². The van der Waals surface area contributed by atoms with Gasteiger partial charge in [0.2, 0.25) is 10.0 Å². The van der Waals surface area contributed by atoms with Crippen LogP contribution in [0.15, 0.2) is 36.5 Å². The van der Waals surface area contributed by atoms with E-state index >= 15 is 13.2 Å². The van der Waals surface area contributed by atoms with E-state index in [4.69, 9.17) is 0 Å². The number of carbonyl (C=O) groups excluding carboxylic acids is 1. The molecule has 1 heterocycles. The van der Waals surface area contributed by atoms with Gasteiger partial charge < -0.3 is 10.6 Å². The molecule has 1 amide bonds. The summed E-state index contributed by atoms with van der Waals surface area (Å²) in [4.78, 5) is 16.7. The third kappa shape index (κ3) is 6.00. The normalized spacial score (nSPS) is 15.2. The van der Waals surface area contributed by atoms with E-state index in [0.29, 0.717) is 0 Å². The lowest BCUT2D eigenvalue weighted by Crippen LogP contribution is -2.27. The summed E-state index contributed by atoms with van der Waals surface area (Å²) >= 11 is 0. The lowest BCUT2D eigenvalue weighted by atomic mass is 9.99. The molecule has 0 saturated heterocycles. The zero-order valence-corrected chi connectivity index (χ0v) is 21.8. The molecule has 0 bridgehead atoms. The van der Waals surface area contributed by atoms with Gasteiger partial charge in [0.25, 0.3) is 5.91 Å². The molecule has 0 spiro atoms. The molecule has 2 aromatic carbocycles. The van der Waals surface area contributed by atoms with Crippen molar-refractivity contribution in [3.63, 3.8) is 0 Å². The molecule has 0 atom stereocenters. The number of benzene rings is 2. The standard InChI is InChI=1S/C27H26F4N4O3S/c1-2-39(37,38)35-26-23(30)16(9-10-32-26)11-17-12-19(27(36)33-18-6-7-18)25(24(31)22(17)29)34-21-8-5-15(13-20(21)28)14-3-4-14/h5,8-10,12-14,18,34H,2-4,6-7,11H2,1H3,(H,32,35)(H,33,36). The predicted octanol–water partition coefficient (Wildman–Crippen LogP) is 5.50.